The number of methoxy groups -OCH3 is 1. The molecule has 3 rings (SSSR count). The minimum absolute atomic E-state index is 0.0427. The zero-order valence-electron chi connectivity index (χ0n) is 16.7. The molecule has 29 heavy (non-hydrogen) atoms. The molecule has 0 radical (unpaired) electrons. The Hall–Kier alpha value is -3.67. The number of allylic oxidation sites excluding steroid dienone is 1. The minimum Gasteiger partial charge on any atom is -0.495 e. The number of hydrogen-bond donors (Lipinski definition) is 1. The Kier molecular flexibility index (Phi) is 6.24. The SMILES string of the molecule is C=CC(=O)Cc1cccc(Oc2nc(Nc3ccc(C)cc3OC)ncc2C)c1. The van der Waals surface area contributed by atoms with Crippen molar-refractivity contribution in [1.82, 2.24) is 9.97 Å². The number of nitrogens with zero attached hydrogens (tertiary/aromatic N) is 2. The predicted octanol–water partition coefficient (Wildman–Crippen LogP) is 4.94. The second-order valence-electron chi connectivity index (χ2n) is 6.61. The standard InChI is InChI=1S/C23H23N3O3/c1-5-18(27)12-17-7-6-8-19(13-17)29-22-16(3)14-24-23(26-22)25-20-10-9-15(2)11-21(20)28-4/h5-11,13-14H,1,12H2,2-4H3,(H,24,25,26). The van der Waals surface area contributed by atoms with E-state index < -0.39 is 0 Å². The van der Waals surface area contributed by atoms with Crippen molar-refractivity contribution in [3.8, 4) is 17.4 Å². The third-order valence-electron chi connectivity index (χ3n) is 4.25. The maximum Gasteiger partial charge on any atom is 0.230 e. The van der Waals surface area contributed by atoms with Gasteiger partial charge in [0.25, 0.3) is 0 Å². The molecule has 6 heteroatoms. The van der Waals surface area contributed by atoms with Gasteiger partial charge in [0.1, 0.15) is 11.5 Å². The van der Waals surface area contributed by atoms with E-state index >= 15 is 0 Å². The second-order valence-corrected chi connectivity index (χ2v) is 6.61. The fourth-order valence-electron chi connectivity index (χ4n) is 2.72. The van der Waals surface area contributed by atoms with Gasteiger partial charge in [-0.1, -0.05) is 24.8 Å². The first-order chi connectivity index (χ1) is 14.0. The molecule has 0 aliphatic rings. The molecule has 0 bridgehead atoms. The summed E-state index contributed by atoms with van der Waals surface area (Å²) in [7, 11) is 1.62. The van der Waals surface area contributed by atoms with Crippen molar-refractivity contribution in [2.45, 2.75) is 20.3 Å². The average molecular weight is 389 g/mol. The van der Waals surface area contributed by atoms with Gasteiger partial charge < -0.3 is 14.8 Å². The normalized spacial score (nSPS) is 10.3. The number of hydrogen-bond acceptors (Lipinski definition) is 6. The highest BCUT2D eigenvalue weighted by Gasteiger charge is 2.10. The first kappa shape index (κ1) is 20.1. The van der Waals surface area contributed by atoms with Crippen LogP contribution < -0.4 is 14.8 Å². The van der Waals surface area contributed by atoms with Gasteiger partial charge in [0.05, 0.1) is 12.8 Å². The summed E-state index contributed by atoms with van der Waals surface area (Å²) in [5.74, 6) is 2.08. The molecule has 6 nitrogen and oxygen atoms in total. The molecule has 148 valence electrons. The number of anilines is 2. The number of rotatable bonds is 8. The number of ether oxygens (including phenoxy) is 2. The van der Waals surface area contributed by atoms with Gasteiger partial charge in [0, 0.05) is 18.2 Å². The van der Waals surface area contributed by atoms with Crippen LogP contribution in [0.3, 0.4) is 0 Å². The molecule has 0 saturated heterocycles. The maximum absolute atomic E-state index is 11.6. The van der Waals surface area contributed by atoms with Crippen LogP contribution in [0, 0.1) is 13.8 Å². The Bertz CT molecular complexity index is 1050. The molecule has 0 spiro atoms. The summed E-state index contributed by atoms with van der Waals surface area (Å²) in [6.45, 7) is 7.38. The van der Waals surface area contributed by atoms with E-state index in [9.17, 15) is 4.79 Å². The van der Waals surface area contributed by atoms with Crippen LogP contribution in [0.1, 0.15) is 16.7 Å². The number of ketones is 1. The topological polar surface area (TPSA) is 73.3 Å². The van der Waals surface area contributed by atoms with Crippen LogP contribution in [0.4, 0.5) is 11.6 Å². The van der Waals surface area contributed by atoms with Crippen LogP contribution in [-0.2, 0) is 11.2 Å². The molecule has 0 aliphatic carbocycles. The summed E-state index contributed by atoms with van der Waals surface area (Å²) in [6, 6.07) is 13.2. The van der Waals surface area contributed by atoms with Gasteiger partial charge >= 0.3 is 0 Å². The molecule has 3 aromatic rings. The van der Waals surface area contributed by atoms with Crippen molar-refractivity contribution in [1.29, 1.82) is 0 Å². The number of aromatic nitrogens is 2. The fraction of sp³-hybridized carbons (Fsp3) is 0.174. The molecule has 0 amide bonds. The van der Waals surface area contributed by atoms with Gasteiger partial charge in [-0.25, -0.2) is 4.98 Å². The van der Waals surface area contributed by atoms with E-state index in [4.69, 9.17) is 9.47 Å². The van der Waals surface area contributed by atoms with Crippen LogP contribution in [0.2, 0.25) is 0 Å². The minimum atomic E-state index is -0.0427. The molecule has 1 N–H and O–H groups in total. The van der Waals surface area contributed by atoms with Gasteiger partial charge in [0.2, 0.25) is 11.8 Å². The number of carbonyl (C=O) groups is 1. The lowest BCUT2D eigenvalue weighted by Gasteiger charge is -2.13. The van der Waals surface area contributed by atoms with Gasteiger partial charge in [-0.3, -0.25) is 4.79 Å². The van der Waals surface area contributed by atoms with Crippen LogP contribution in [0.5, 0.6) is 17.4 Å². The zero-order valence-corrected chi connectivity index (χ0v) is 16.7. The van der Waals surface area contributed by atoms with Crippen LogP contribution >= 0.6 is 0 Å². The van der Waals surface area contributed by atoms with E-state index in [1.54, 1.807) is 13.3 Å². The van der Waals surface area contributed by atoms with Gasteiger partial charge in [-0.15, -0.1) is 0 Å². The van der Waals surface area contributed by atoms with Crippen molar-refractivity contribution in [2.24, 2.45) is 0 Å². The molecule has 0 atom stereocenters. The Morgan fingerprint density at radius 2 is 2.03 bits per heavy atom. The molecule has 1 heterocycles. The van der Waals surface area contributed by atoms with Crippen LogP contribution in [0.15, 0.2) is 61.3 Å². The summed E-state index contributed by atoms with van der Waals surface area (Å²) in [5.41, 5.74) is 3.50. The van der Waals surface area contributed by atoms with Crippen molar-refractivity contribution < 1.29 is 14.3 Å². The lowest BCUT2D eigenvalue weighted by molar-refractivity contribution is -0.114. The quantitative estimate of drug-likeness (QED) is 0.550. The summed E-state index contributed by atoms with van der Waals surface area (Å²) >= 11 is 0. The zero-order chi connectivity index (χ0) is 20.8. The van der Waals surface area contributed by atoms with Crippen LogP contribution in [-0.4, -0.2) is 22.9 Å². The highest BCUT2D eigenvalue weighted by molar-refractivity contribution is 5.90. The summed E-state index contributed by atoms with van der Waals surface area (Å²) in [4.78, 5) is 20.4. The highest BCUT2D eigenvalue weighted by Crippen LogP contribution is 2.29. The van der Waals surface area contributed by atoms with Crippen molar-refractivity contribution in [3.63, 3.8) is 0 Å². The Morgan fingerprint density at radius 1 is 1.21 bits per heavy atom. The van der Waals surface area contributed by atoms with Gasteiger partial charge in [0.15, 0.2) is 5.78 Å². The Balaban J connectivity index is 1.82. The number of nitrogens with one attached hydrogen (secondary N) is 1. The number of aryl methyl sites for hydroxylation is 2. The Labute approximate surface area is 170 Å². The first-order valence-electron chi connectivity index (χ1n) is 9.16. The molecule has 0 unspecified atom stereocenters. The average Bonchev–Trinajstić information content (AvgIpc) is 2.72. The molecule has 0 aliphatic heterocycles. The molecule has 2 aromatic carbocycles. The lowest BCUT2D eigenvalue weighted by atomic mass is 10.1. The second kappa shape index (κ2) is 9.01. The van der Waals surface area contributed by atoms with Crippen molar-refractivity contribution in [3.05, 3.63) is 78.0 Å². The smallest absolute Gasteiger partial charge is 0.230 e. The molecule has 0 fully saturated rings. The van der Waals surface area contributed by atoms with Crippen molar-refractivity contribution >= 4 is 17.4 Å². The Morgan fingerprint density at radius 3 is 2.79 bits per heavy atom. The summed E-state index contributed by atoms with van der Waals surface area (Å²) < 4.78 is 11.4. The number of carbonyl (C=O) groups excluding carboxylic acids is 1. The maximum atomic E-state index is 11.6. The van der Waals surface area contributed by atoms with E-state index in [0.717, 1.165) is 22.4 Å². The molecule has 1 aromatic heterocycles. The first-order valence-corrected chi connectivity index (χ1v) is 9.16. The summed E-state index contributed by atoms with van der Waals surface area (Å²) in [6.07, 6.45) is 3.29. The third kappa shape index (κ3) is 5.19. The van der Waals surface area contributed by atoms with E-state index in [1.807, 2.05) is 56.3 Å². The highest BCUT2D eigenvalue weighted by atomic mass is 16.5. The van der Waals surface area contributed by atoms with Crippen molar-refractivity contribution in [2.75, 3.05) is 12.4 Å². The number of benzene rings is 2. The van der Waals surface area contributed by atoms with E-state index in [2.05, 4.69) is 21.9 Å². The lowest BCUT2D eigenvalue weighted by Crippen LogP contribution is -2.02. The van der Waals surface area contributed by atoms with Gasteiger partial charge in [-0.05, 0) is 55.3 Å². The predicted molar refractivity (Wildman–Crippen MR) is 113 cm³/mol. The molecular weight excluding hydrogens is 366 g/mol. The third-order valence-corrected chi connectivity index (χ3v) is 4.25. The van der Waals surface area contributed by atoms with E-state index in [0.29, 0.717) is 23.3 Å². The monoisotopic (exact) mass is 389 g/mol. The largest absolute Gasteiger partial charge is 0.495 e. The van der Waals surface area contributed by atoms with Gasteiger partial charge in [-0.2, -0.15) is 4.98 Å². The summed E-state index contributed by atoms with van der Waals surface area (Å²) in [5, 5.41) is 3.17. The van der Waals surface area contributed by atoms with E-state index in [1.165, 1.54) is 6.08 Å². The fourth-order valence-corrected chi connectivity index (χ4v) is 2.72. The van der Waals surface area contributed by atoms with E-state index in [-0.39, 0.29) is 12.2 Å². The molecular formula is C23H23N3O3. The molecule has 0 saturated carbocycles. The van der Waals surface area contributed by atoms with Crippen LogP contribution in [0.25, 0.3) is 0 Å².